The zero-order chi connectivity index (χ0) is 63.0. The molecule has 11 heteroatoms. The fraction of sp³-hybridized carbons (Fsp3) is 0.556. The Morgan fingerprint density at radius 3 is 2.38 bits per heavy atom. The first kappa shape index (κ1) is 62.0. The van der Waals surface area contributed by atoms with E-state index in [0.29, 0.717) is 48.9 Å². The van der Waals surface area contributed by atoms with Crippen molar-refractivity contribution in [3.05, 3.63) is 165 Å². The number of phenolic OH excluding ortho intramolecular Hbond substituents is 1. The highest BCUT2D eigenvalue weighted by Crippen LogP contribution is 2.73. The lowest BCUT2D eigenvalue weighted by molar-refractivity contribution is -0.135. The van der Waals surface area contributed by atoms with Crippen molar-refractivity contribution in [2.75, 3.05) is 26.7 Å². The summed E-state index contributed by atoms with van der Waals surface area (Å²) in [6.45, 7) is 6.99. The van der Waals surface area contributed by atoms with Gasteiger partial charge < -0.3 is 46.1 Å². The van der Waals surface area contributed by atoms with Gasteiger partial charge in [-0.25, -0.2) is 9.59 Å². The maximum Gasteiger partial charge on any atom is 0.340 e. The van der Waals surface area contributed by atoms with E-state index in [4.69, 9.17) is 9.47 Å². The van der Waals surface area contributed by atoms with Gasteiger partial charge in [0, 0.05) is 42.1 Å². The van der Waals surface area contributed by atoms with Gasteiger partial charge in [-0.05, 0) is 252 Å². The van der Waals surface area contributed by atoms with Crippen LogP contribution in [0.1, 0.15) is 183 Å². The molecule has 4 aromatic rings. The number of nitrogens with one attached hydrogen (secondary N) is 4. The number of carbonyl (C=O) groups excluding carboxylic acids is 2. The molecule has 6 aliphatic heterocycles. The van der Waals surface area contributed by atoms with Gasteiger partial charge in [0.05, 0.1) is 33.8 Å². The van der Waals surface area contributed by atoms with Crippen molar-refractivity contribution >= 4 is 17.5 Å². The first-order valence-corrected chi connectivity index (χ1v) is 35.9. The molecule has 13 atom stereocenters. The van der Waals surface area contributed by atoms with Gasteiger partial charge in [0.2, 0.25) is 0 Å². The van der Waals surface area contributed by atoms with Gasteiger partial charge in [-0.15, -0.1) is 0 Å². The number of carbonyl (C=O) groups is 2. The Balaban J connectivity index is 0.912. The Hall–Kier alpha value is -6.10. The molecule has 13 unspecified atom stereocenters. The molecule has 6 fully saturated rings. The standard InChI is InChI=1S/C81H98N4O7/c1-4-51(40-52-16-8-5-9-17-52)43-68-81-37-27-62-63-24-25-64-67(91-75(87)71(64)72(63)81)28-35-78(58-30-39-84-69(45-58)82-3)47-57-44-59(80(90)33-12-7-13-34-80)26-36-79(31-10-6-11-32-79)77(2,89)50-85-74(66(57)48-78)56-21-14-18-53(41-56)29-38-83-49-54-19-15-20-55(42-54)61-23-22-60(86)46-65(61)70(62)73(81)76(88)92-68/h5,8-9,14-23,28,41-43,46,51,57-59,62-63,66,69,72,74,82-86,89-90H,4,6-7,10-13,24-25,27,29-35,37-40,44-45,47-50H2,1-3H3. The quantitative estimate of drug-likeness (QED) is 0.0697. The summed E-state index contributed by atoms with van der Waals surface area (Å²) in [5, 5.41) is 53.6. The minimum atomic E-state index is -1.13. The molecule has 13 aliphatic rings. The van der Waals surface area contributed by atoms with Gasteiger partial charge >= 0.3 is 11.9 Å². The van der Waals surface area contributed by atoms with Crippen LogP contribution in [-0.4, -0.2) is 71.3 Å². The number of piperidine rings is 1. The van der Waals surface area contributed by atoms with Crippen molar-refractivity contribution in [2.45, 2.75) is 191 Å². The highest BCUT2D eigenvalue weighted by molar-refractivity contribution is 6.07. The van der Waals surface area contributed by atoms with Crippen molar-refractivity contribution in [3.8, 4) is 28.7 Å². The average Bonchev–Trinajstić information content (AvgIpc) is 1.43. The third kappa shape index (κ3) is 10.9. The lowest BCUT2D eigenvalue weighted by Crippen LogP contribution is -2.54. The number of hydrogen-bond donors (Lipinski definition) is 7. The van der Waals surface area contributed by atoms with E-state index in [0.717, 1.165) is 187 Å². The average molecular weight is 1240 g/mol. The molecule has 92 heavy (non-hydrogen) atoms. The summed E-state index contributed by atoms with van der Waals surface area (Å²) in [7, 11) is 2.07. The molecule has 4 aromatic carbocycles. The number of aliphatic hydroxyl groups is 2. The van der Waals surface area contributed by atoms with E-state index < -0.39 is 22.0 Å². The van der Waals surface area contributed by atoms with E-state index in [1.807, 2.05) is 12.1 Å². The van der Waals surface area contributed by atoms with Crippen LogP contribution in [0, 0.1) is 75.4 Å². The maximum atomic E-state index is 15.6. The number of aromatic hydroxyl groups is 1. The molecule has 11 nitrogen and oxygen atoms in total. The van der Waals surface area contributed by atoms with Crippen molar-refractivity contribution in [3.63, 3.8) is 0 Å². The number of β-amino-alcohol motifs (C(OH)–C–C–N with tert-alkyl or cyclic N) is 1. The second-order valence-corrected chi connectivity index (χ2v) is 30.7. The summed E-state index contributed by atoms with van der Waals surface area (Å²) in [5.41, 5.74) is 7.27. The van der Waals surface area contributed by atoms with E-state index in [2.05, 4.69) is 145 Å². The third-order valence-corrected chi connectivity index (χ3v) is 25.8. The molecule has 2 spiro atoms. The molecule has 7 aliphatic carbocycles. The summed E-state index contributed by atoms with van der Waals surface area (Å²) in [6, 6.07) is 34.1. The zero-order valence-corrected chi connectivity index (χ0v) is 54.7. The fourth-order valence-corrected chi connectivity index (χ4v) is 21.0. The molecule has 14 bridgehead atoms. The summed E-state index contributed by atoms with van der Waals surface area (Å²) >= 11 is 0. The van der Waals surface area contributed by atoms with Crippen molar-refractivity contribution in [1.82, 2.24) is 21.3 Å². The SMILES string of the molecule is CCC(C=C1OC(=O)C2=C3c4cc(O)ccc4-c4cccc(c4)CNCCc4cccc(c4)C4NCC(C)(O)C5(C#CC(C6(O)CCCCC6)CC6CC(C7CCNC(NC)C7)(CC=C7OC(=O)C8=C7CCC7C3CCC12C87)CC64)CCCCC5)Cc1ccccc1. The molecule has 0 radical (unpaired) electrons. The topological polar surface area (TPSA) is 161 Å². The van der Waals surface area contributed by atoms with Crippen LogP contribution in [0.3, 0.4) is 0 Å². The number of hydrogen-bond acceptors (Lipinski definition) is 11. The van der Waals surface area contributed by atoms with Crippen LogP contribution in [0.2, 0.25) is 0 Å². The third-order valence-electron chi connectivity index (χ3n) is 25.8. The predicted molar refractivity (Wildman–Crippen MR) is 361 cm³/mol. The molecule has 7 N–H and O–H groups in total. The Morgan fingerprint density at radius 2 is 1.57 bits per heavy atom. The molecule has 0 aromatic heterocycles. The predicted octanol–water partition coefficient (Wildman–Crippen LogP) is 14.0. The van der Waals surface area contributed by atoms with Crippen LogP contribution in [0.15, 0.2) is 137 Å². The number of allylic oxidation sites excluding steroid dienone is 5. The molecular formula is C81H98N4O7. The largest absolute Gasteiger partial charge is 0.508 e. The second kappa shape index (κ2) is 24.9. The van der Waals surface area contributed by atoms with Crippen LogP contribution in [0.5, 0.6) is 5.75 Å². The summed E-state index contributed by atoms with van der Waals surface area (Å²) in [4.78, 5) is 31.1. The monoisotopic (exact) mass is 1240 g/mol. The molecule has 17 rings (SSSR count). The number of ether oxygens (including phenoxy) is 2. The first-order chi connectivity index (χ1) is 44.7. The Labute approximate surface area is 546 Å². The molecule has 4 saturated carbocycles. The smallest absolute Gasteiger partial charge is 0.340 e. The number of benzene rings is 4. The van der Waals surface area contributed by atoms with Crippen LogP contribution in [-0.2, 0) is 38.4 Å². The normalized spacial score (nSPS) is 34.8. The zero-order valence-electron chi connectivity index (χ0n) is 54.7. The molecule has 2 saturated heterocycles. The molecule has 0 amide bonds. The van der Waals surface area contributed by atoms with E-state index in [-0.39, 0.29) is 76.7 Å². The second-order valence-electron chi connectivity index (χ2n) is 30.7. The maximum absolute atomic E-state index is 15.6. The minimum absolute atomic E-state index is 0.00863. The number of phenols is 1. The lowest BCUT2D eigenvalue weighted by atomic mass is 9.44. The van der Waals surface area contributed by atoms with Crippen molar-refractivity contribution in [1.29, 1.82) is 0 Å². The van der Waals surface area contributed by atoms with Gasteiger partial charge in [0.25, 0.3) is 0 Å². The van der Waals surface area contributed by atoms with Gasteiger partial charge in [-0.1, -0.05) is 136 Å². The van der Waals surface area contributed by atoms with Gasteiger partial charge in [-0.3, -0.25) is 0 Å². The van der Waals surface area contributed by atoms with E-state index >= 15 is 9.59 Å². The first-order valence-electron chi connectivity index (χ1n) is 35.9. The molecule has 484 valence electrons. The van der Waals surface area contributed by atoms with Gasteiger partial charge in [0.15, 0.2) is 0 Å². The van der Waals surface area contributed by atoms with E-state index in [1.54, 1.807) is 6.07 Å². The fourth-order valence-electron chi connectivity index (χ4n) is 21.0. The summed E-state index contributed by atoms with van der Waals surface area (Å²) in [6.07, 6.45) is 25.1. The van der Waals surface area contributed by atoms with E-state index in [1.165, 1.54) is 16.7 Å². The number of cyclic esters (lactones) is 1. The number of fused-ring (bicyclic) bond motifs is 5. The highest BCUT2D eigenvalue weighted by atomic mass is 16.6. The molecular weight excluding hydrogens is 1140 g/mol. The van der Waals surface area contributed by atoms with Crippen molar-refractivity contribution < 1.29 is 34.4 Å². The van der Waals surface area contributed by atoms with Crippen LogP contribution in [0.25, 0.3) is 16.7 Å². The van der Waals surface area contributed by atoms with Crippen molar-refractivity contribution in [2.24, 2.45) is 63.6 Å². The summed E-state index contributed by atoms with van der Waals surface area (Å²) in [5.74, 6) is 8.82. The number of esters is 2. The Kier molecular flexibility index (Phi) is 16.8. The minimum Gasteiger partial charge on any atom is -0.508 e. The Bertz CT molecular complexity index is 3690. The van der Waals surface area contributed by atoms with Gasteiger partial charge in [-0.2, -0.15) is 0 Å². The lowest BCUT2D eigenvalue weighted by Gasteiger charge is -2.56. The number of rotatable bonds is 7. The van der Waals surface area contributed by atoms with Gasteiger partial charge in [0.1, 0.15) is 17.3 Å². The van der Waals surface area contributed by atoms with Crippen LogP contribution < -0.4 is 21.3 Å². The Morgan fingerprint density at radius 1 is 0.761 bits per heavy atom. The van der Waals surface area contributed by atoms with Crippen LogP contribution >= 0.6 is 0 Å². The summed E-state index contributed by atoms with van der Waals surface area (Å²) < 4.78 is 13.7. The van der Waals surface area contributed by atoms with E-state index in [9.17, 15) is 15.3 Å². The van der Waals surface area contributed by atoms with Crippen LogP contribution in [0.4, 0.5) is 0 Å². The molecule has 6 heterocycles. The highest BCUT2D eigenvalue weighted by Gasteiger charge is 2.69.